The first-order valence-electron chi connectivity index (χ1n) is 13.2. The summed E-state index contributed by atoms with van der Waals surface area (Å²) in [5, 5.41) is 42.8. The SMILES string of the molecule is CC(C)CC(=O)N[C@@H](Cc1ccc(O)cc1)C(=O)N(N[C@@H](Cc1ccc(O)cc1)C(=O)O)[C@@H](CC(C)C)C(=O)O. The van der Waals surface area contributed by atoms with Crippen LogP contribution < -0.4 is 10.7 Å². The zero-order valence-corrected chi connectivity index (χ0v) is 23.2. The van der Waals surface area contributed by atoms with Crippen molar-refractivity contribution in [3.05, 3.63) is 59.7 Å². The van der Waals surface area contributed by atoms with Gasteiger partial charge in [-0.1, -0.05) is 52.0 Å². The molecule has 2 rings (SSSR count). The van der Waals surface area contributed by atoms with Crippen molar-refractivity contribution in [1.82, 2.24) is 15.8 Å². The highest BCUT2D eigenvalue weighted by molar-refractivity contribution is 5.91. The number of carboxylic acid groups (broad SMARTS) is 2. The molecule has 0 aliphatic carbocycles. The Labute approximate surface area is 233 Å². The Morgan fingerprint density at radius 3 is 1.60 bits per heavy atom. The van der Waals surface area contributed by atoms with Gasteiger partial charge in [-0.2, -0.15) is 0 Å². The van der Waals surface area contributed by atoms with Crippen LogP contribution in [0.3, 0.4) is 0 Å². The topological polar surface area (TPSA) is 176 Å². The Morgan fingerprint density at radius 2 is 1.20 bits per heavy atom. The van der Waals surface area contributed by atoms with E-state index in [4.69, 9.17) is 0 Å². The zero-order valence-electron chi connectivity index (χ0n) is 23.2. The zero-order chi connectivity index (χ0) is 30.0. The van der Waals surface area contributed by atoms with Crippen LogP contribution in [-0.2, 0) is 32.0 Å². The van der Waals surface area contributed by atoms with E-state index in [0.29, 0.717) is 11.1 Å². The van der Waals surface area contributed by atoms with Crippen molar-refractivity contribution in [3.63, 3.8) is 0 Å². The van der Waals surface area contributed by atoms with E-state index in [1.807, 2.05) is 13.8 Å². The van der Waals surface area contributed by atoms with Crippen LogP contribution in [0.4, 0.5) is 0 Å². The molecule has 0 saturated carbocycles. The van der Waals surface area contributed by atoms with Gasteiger partial charge in [-0.15, -0.1) is 0 Å². The van der Waals surface area contributed by atoms with Crippen LogP contribution in [0.1, 0.15) is 51.7 Å². The van der Waals surface area contributed by atoms with Gasteiger partial charge in [0.15, 0.2) is 0 Å². The van der Waals surface area contributed by atoms with Crippen molar-refractivity contribution in [2.45, 2.75) is 71.5 Å². The maximum absolute atomic E-state index is 14.0. The molecule has 0 radical (unpaired) electrons. The first-order chi connectivity index (χ1) is 18.8. The number of carbonyl (C=O) groups is 4. The normalized spacial score (nSPS) is 13.4. The number of phenols is 2. The summed E-state index contributed by atoms with van der Waals surface area (Å²) in [6.07, 6.45) is 0.00578. The van der Waals surface area contributed by atoms with Gasteiger partial charge in [-0.05, 0) is 53.6 Å². The smallest absolute Gasteiger partial charge is 0.328 e. The minimum Gasteiger partial charge on any atom is -0.508 e. The molecule has 3 atom stereocenters. The number of hydrogen-bond donors (Lipinski definition) is 6. The van der Waals surface area contributed by atoms with Crippen molar-refractivity contribution in [2.24, 2.45) is 11.8 Å². The van der Waals surface area contributed by atoms with E-state index in [1.165, 1.54) is 36.4 Å². The average molecular weight is 558 g/mol. The van der Waals surface area contributed by atoms with Crippen LogP contribution in [0, 0.1) is 11.8 Å². The van der Waals surface area contributed by atoms with Gasteiger partial charge < -0.3 is 25.7 Å². The summed E-state index contributed by atoms with van der Waals surface area (Å²) >= 11 is 0. The predicted molar refractivity (Wildman–Crippen MR) is 147 cm³/mol. The van der Waals surface area contributed by atoms with E-state index in [-0.39, 0.29) is 49.0 Å². The standard InChI is InChI=1S/C29H39N3O8/c1-17(2)13-25(29(39)40)32(31-24(28(37)38)16-20-7-11-22(34)12-8-20)27(36)23(30-26(35)14-18(3)4)15-19-5-9-21(33)10-6-19/h5-12,17-18,23-25,31,33-34H,13-16H2,1-4H3,(H,30,35)(H,37,38)(H,39,40)/t23-,24-,25-/m0/s1. The molecular weight excluding hydrogens is 518 g/mol. The number of benzene rings is 2. The summed E-state index contributed by atoms with van der Waals surface area (Å²) in [7, 11) is 0. The summed E-state index contributed by atoms with van der Waals surface area (Å²) in [4.78, 5) is 51.4. The lowest BCUT2D eigenvalue weighted by Gasteiger charge is -2.35. The quantitative estimate of drug-likeness (QED) is 0.180. The van der Waals surface area contributed by atoms with Crippen LogP contribution in [-0.4, -0.2) is 67.3 Å². The number of aliphatic carboxylic acids is 2. The van der Waals surface area contributed by atoms with Gasteiger partial charge in [0.05, 0.1) is 0 Å². The monoisotopic (exact) mass is 557 g/mol. The fourth-order valence-electron chi connectivity index (χ4n) is 4.15. The molecule has 0 spiro atoms. The molecule has 11 heteroatoms. The molecular formula is C29H39N3O8. The lowest BCUT2D eigenvalue weighted by molar-refractivity contribution is -0.159. The number of nitrogens with one attached hydrogen (secondary N) is 2. The number of hydrogen-bond acceptors (Lipinski definition) is 7. The lowest BCUT2D eigenvalue weighted by Crippen LogP contribution is -2.63. The molecule has 6 N–H and O–H groups in total. The molecule has 0 saturated heterocycles. The number of aromatic hydroxyl groups is 2. The van der Waals surface area contributed by atoms with Gasteiger partial charge in [0, 0.05) is 19.3 Å². The first kappa shape index (κ1) is 32.1. The summed E-state index contributed by atoms with van der Waals surface area (Å²) in [5.41, 5.74) is 3.77. The van der Waals surface area contributed by atoms with Crippen LogP contribution in [0.15, 0.2) is 48.5 Å². The summed E-state index contributed by atoms with van der Waals surface area (Å²) in [5.74, 6) is -4.04. The van der Waals surface area contributed by atoms with Crippen molar-refractivity contribution in [1.29, 1.82) is 0 Å². The van der Waals surface area contributed by atoms with Crippen LogP contribution >= 0.6 is 0 Å². The van der Waals surface area contributed by atoms with E-state index in [1.54, 1.807) is 26.0 Å². The molecule has 0 aliphatic heterocycles. The summed E-state index contributed by atoms with van der Waals surface area (Å²) < 4.78 is 0. The molecule has 0 aromatic heterocycles. The predicted octanol–water partition coefficient (Wildman–Crippen LogP) is 2.70. The van der Waals surface area contributed by atoms with E-state index < -0.39 is 41.9 Å². The third-order valence-electron chi connectivity index (χ3n) is 6.10. The van der Waals surface area contributed by atoms with Crippen LogP contribution in [0.2, 0.25) is 0 Å². The molecule has 0 bridgehead atoms. The lowest BCUT2D eigenvalue weighted by atomic mass is 10.00. The highest BCUT2D eigenvalue weighted by Crippen LogP contribution is 2.18. The molecule has 0 aliphatic rings. The van der Waals surface area contributed by atoms with Crippen molar-refractivity contribution in [2.75, 3.05) is 0 Å². The maximum Gasteiger partial charge on any atom is 0.328 e. The molecule has 0 unspecified atom stereocenters. The van der Waals surface area contributed by atoms with Gasteiger partial charge in [-0.25, -0.2) is 10.2 Å². The number of amides is 2. The van der Waals surface area contributed by atoms with E-state index >= 15 is 0 Å². The average Bonchev–Trinajstić information content (AvgIpc) is 2.86. The van der Waals surface area contributed by atoms with Gasteiger partial charge in [0.25, 0.3) is 5.91 Å². The van der Waals surface area contributed by atoms with E-state index in [2.05, 4.69) is 10.7 Å². The molecule has 2 aromatic rings. The minimum absolute atomic E-state index is 0.00234. The highest BCUT2D eigenvalue weighted by Gasteiger charge is 2.38. The summed E-state index contributed by atoms with van der Waals surface area (Å²) in [6, 6.07) is 7.82. The number of phenolic OH excluding ortho intramolecular Hbond substituents is 2. The molecule has 0 fully saturated rings. The maximum atomic E-state index is 14.0. The second-order valence-corrected chi connectivity index (χ2v) is 10.7. The van der Waals surface area contributed by atoms with Crippen molar-refractivity contribution >= 4 is 23.8 Å². The number of carboxylic acids is 2. The Kier molecular flexibility index (Phi) is 11.9. The van der Waals surface area contributed by atoms with E-state index in [0.717, 1.165) is 5.01 Å². The van der Waals surface area contributed by atoms with Gasteiger partial charge in [0.1, 0.15) is 29.6 Å². The van der Waals surface area contributed by atoms with E-state index in [9.17, 15) is 39.6 Å². The third-order valence-corrected chi connectivity index (χ3v) is 6.10. The second-order valence-electron chi connectivity index (χ2n) is 10.7. The van der Waals surface area contributed by atoms with Crippen molar-refractivity contribution < 1.29 is 39.6 Å². The molecule has 2 aromatic carbocycles. The molecule has 2 amide bonds. The fraction of sp³-hybridized carbons (Fsp3) is 0.448. The molecule has 0 heterocycles. The fourth-order valence-corrected chi connectivity index (χ4v) is 4.15. The van der Waals surface area contributed by atoms with Gasteiger partial charge in [0.2, 0.25) is 5.91 Å². The Morgan fingerprint density at radius 1 is 0.725 bits per heavy atom. The Balaban J connectivity index is 2.50. The van der Waals surface area contributed by atoms with Gasteiger partial charge >= 0.3 is 11.9 Å². The first-order valence-corrected chi connectivity index (χ1v) is 13.2. The number of hydrazine groups is 1. The number of carbonyl (C=O) groups excluding carboxylic acids is 2. The number of rotatable bonds is 15. The van der Waals surface area contributed by atoms with Crippen LogP contribution in [0.25, 0.3) is 0 Å². The van der Waals surface area contributed by atoms with Crippen molar-refractivity contribution in [3.8, 4) is 11.5 Å². The Hall–Kier alpha value is -4.12. The van der Waals surface area contributed by atoms with Gasteiger partial charge in [-0.3, -0.25) is 19.4 Å². The highest BCUT2D eigenvalue weighted by atomic mass is 16.4. The molecule has 11 nitrogen and oxygen atoms in total. The Bertz CT molecular complexity index is 1150. The second kappa shape index (κ2) is 14.9. The largest absolute Gasteiger partial charge is 0.508 e. The molecule has 218 valence electrons. The molecule has 40 heavy (non-hydrogen) atoms. The number of nitrogens with zero attached hydrogens (tertiary/aromatic N) is 1. The minimum atomic E-state index is -1.43. The van der Waals surface area contributed by atoms with Crippen LogP contribution in [0.5, 0.6) is 11.5 Å². The third kappa shape index (κ3) is 10.2. The summed E-state index contributed by atoms with van der Waals surface area (Å²) in [6.45, 7) is 7.24.